The lowest BCUT2D eigenvalue weighted by Gasteiger charge is -2.35. The standard InChI is InChI=1S/C16H23ClN2O/c1-3-10-19(14-6-8-18-9-7-14)16(20)15-5-4-13(17)11-12(15)2/h4-5,11,14,18H,3,6-10H2,1-2H3. The van der Waals surface area contributed by atoms with Gasteiger partial charge >= 0.3 is 0 Å². The highest BCUT2D eigenvalue weighted by Gasteiger charge is 2.26. The fraction of sp³-hybridized carbons (Fsp3) is 0.562. The molecule has 1 N–H and O–H groups in total. The SMILES string of the molecule is CCCN(C(=O)c1ccc(Cl)cc1C)C1CCNCC1. The van der Waals surface area contributed by atoms with Crippen molar-refractivity contribution in [3.63, 3.8) is 0 Å². The zero-order valence-electron chi connectivity index (χ0n) is 12.3. The summed E-state index contributed by atoms with van der Waals surface area (Å²) in [6, 6.07) is 5.87. The summed E-state index contributed by atoms with van der Waals surface area (Å²) in [5, 5.41) is 4.04. The van der Waals surface area contributed by atoms with E-state index in [2.05, 4.69) is 17.1 Å². The van der Waals surface area contributed by atoms with Crippen molar-refractivity contribution in [3.8, 4) is 0 Å². The van der Waals surface area contributed by atoms with Crippen LogP contribution in [0.3, 0.4) is 0 Å². The van der Waals surface area contributed by atoms with Crippen LogP contribution in [0.4, 0.5) is 0 Å². The fourth-order valence-electron chi connectivity index (χ4n) is 2.83. The van der Waals surface area contributed by atoms with Gasteiger partial charge in [0.2, 0.25) is 0 Å². The van der Waals surface area contributed by atoms with Crippen LogP contribution in [-0.2, 0) is 0 Å². The zero-order valence-corrected chi connectivity index (χ0v) is 13.0. The van der Waals surface area contributed by atoms with Gasteiger partial charge in [-0.2, -0.15) is 0 Å². The van der Waals surface area contributed by atoms with Crippen LogP contribution in [0.25, 0.3) is 0 Å². The predicted octanol–water partition coefficient (Wildman–Crippen LogP) is 3.25. The van der Waals surface area contributed by atoms with E-state index in [1.807, 2.05) is 19.1 Å². The molecule has 0 aliphatic carbocycles. The van der Waals surface area contributed by atoms with E-state index in [-0.39, 0.29) is 5.91 Å². The lowest BCUT2D eigenvalue weighted by atomic mass is 10.0. The Morgan fingerprint density at radius 1 is 1.40 bits per heavy atom. The maximum absolute atomic E-state index is 12.8. The molecule has 1 aliphatic heterocycles. The molecule has 1 fully saturated rings. The molecule has 3 nitrogen and oxygen atoms in total. The molecule has 1 aromatic rings. The van der Waals surface area contributed by atoms with E-state index in [1.165, 1.54) is 0 Å². The van der Waals surface area contributed by atoms with Gasteiger partial charge in [-0.25, -0.2) is 0 Å². The van der Waals surface area contributed by atoms with E-state index < -0.39 is 0 Å². The third-order valence-corrected chi connectivity index (χ3v) is 4.13. The Morgan fingerprint density at radius 2 is 2.10 bits per heavy atom. The Morgan fingerprint density at radius 3 is 2.70 bits per heavy atom. The van der Waals surface area contributed by atoms with Crippen molar-refractivity contribution in [2.45, 2.75) is 39.2 Å². The van der Waals surface area contributed by atoms with Gasteiger partial charge in [0.1, 0.15) is 0 Å². The monoisotopic (exact) mass is 294 g/mol. The molecule has 0 aromatic heterocycles. The van der Waals surface area contributed by atoms with E-state index >= 15 is 0 Å². The Hall–Kier alpha value is -1.06. The number of carbonyl (C=O) groups excluding carboxylic acids is 1. The molecule has 1 aliphatic rings. The highest BCUT2D eigenvalue weighted by molar-refractivity contribution is 6.30. The topological polar surface area (TPSA) is 32.3 Å². The summed E-state index contributed by atoms with van der Waals surface area (Å²) in [4.78, 5) is 14.9. The molecular formula is C16H23ClN2O. The third-order valence-electron chi connectivity index (χ3n) is 3.89. The molecule has 1 aromatic carbocycles. The van der Waals surface area contributed by atoms with Crippen LogP contribution in [0.5, 0.6) is 0 Å². The number of nitrogens with zero attached hydrogens (tertiary/aromatic N) is 1. The number of aryl methyl sites for hydroxylation is 1. The van der Waals surface area contributed by atoms with Gasteiger partial charge in [-0.3, -0.25) is 4.79 Å². The lowest BCUT2D eigenvalue weighted by Crippen LogP contribution is -2.46. The van der Waals surface area contributed by atoms with Crippen LogP contribution in [0.1, 0.15) is 42.1 Å². The minimum atomic E-state index is 0.146. The Kier molecular flexibility index (Phi) is 5.44. The van der Waals surface area contributed by atoms with E-state index in [9.17, 15) is 4.79 Å². The number of halogens is 1. The largest absolute Gasteiger partial charge is 0.336 e. The van der Waals surface area contributed by atoms with E-state index in [4.69, 9.17) is 11.6 Å². The maximum Gasteiger partial charge on any atom is 0.254 e. The zero-order chi connectivity index (χ0) is 14.5. The summed E-state index contributed by atoms with van der Waals surface area (Å²) in [5.74, 6) is 0.146. The van der Waals surface area contributed by atoms with Crippen molar-refractivity contribution >= 4 is 17.5 Å². The molecule has 0 unspecified atom stereocenters. The molecular weight excluding hydrogens is 272 g/mol. The number of carbonyl (C=O) groups is 1. The van der Waals surface area contributed by atoms with Crippen molar-refractivity contribution in [1.82, 2.24) is 10.2 Å². The highest BCUT2D eigenvalue weighted by atomic mass is 35.5. The first-order valence-corrected chi connectivity index (χ1v) is 7.79. The summed E-state index contributed by atoms with van der Waals surface area (Å²) in [7, 11) is 0. The molecule has 1 heterocycles. The second-order valence-corrected chi connectivity index (χ2v) is 5.88. The first-order chi connectivity index (χ1) is 9.63. The van der Waals surface area contributed by atoms with Gasteiger partial charge in [0.15, 0.2) is 0 Å². The van der Waals surface area contributed by atoms with Gasteiger partial charge in [-0.05, 0) is 63.0 Å². The van der Waals surface area contributed by atoms with Gasteiger partial charge in [-0.15, -0.1) is 0 Å². The number of amides is 1. The lowest BCUT2D eigenvalue weighted by molar-refractivity contribution is 0.0642. The predicted molar refractivity (Wildman–Crippen MR) is 83.4 cm³/mol. The van der Waals surface area contributed by atoms with Crippen LogP contribution in [-0.4, -0.2) is 36.5 Å². The third kappa shape index (κ3) is 3.53. The minimum Gasteiger partial charge on any atom is -0.336 e. The maximum atomic E-state index is 12.8. The van der Waals surface area contributed by atoms with Crippen LogP contribution in [0.2, 0.25) is 5.02 Å². The summed E-state index contributed by atoms with van der Waals surface area (Å²) in [5.41, 5.74) is 1.74. The van der Waals surface area contributed by atoms with Crippen molar-refractivity contribution < 1.29 is 4.79 Å². The van der Waals surface area contributed by atoms with Crippen LogP contribution < -0.4 is 5.32 Å². The average molecular weight is 295 g/mol. The number of hydrogen-bond donors (Lipinski definition) is 1. The van der Waals surface area contributed by atoms with E-state index in [1.54, 1.807) is 6.07 Å². The number of rotatable bonds is 4. The molecule has 0 atom stereocenters. The molecule has 0 bridgehead atoms. The Bertz CT molecular complexity index is 470. The minimum absolute atomic E-state index is 0.146. The molecule has 110 valence electrons. The molecule has 2 rings (SSSR count). The molecule has 0 radical (unpaired) electrons. The first kappa shape index (κ1) is 15.3. The first-order valence-electron chi connectivity index (χ1n) is 7.41. The second kappa shape index (κ2) is 7.09. The van der Waals surface area contributed by atoms with Crippen molar-refractivity contribution in [1.29, 1.82) is 0 Å². The van der Waals surface area contributed by atoms with Crippen LogP contribution in [0, 0.1) is 6.92 Å². The molecule has 1 amide bonds. The average Bonchev–Trinajstić information content (AvgIpc) is 2.45. The summed E-state index contributed by atoms with van der Waals surface area (Å²) in [6.07, 6.45) is 3.07. The number of nitrogens with one attached hydrogen (secondary N) is 1. The van der Waals surface area contributed by atoms with Crippen LogP contribution >= 0.6 is 11.6 Å². The normalized spacial score (nSPS) is 16.1. The molecule has 1 saturated heterocycles. The Balaban J connectivity index is 2.21. The van der Waals surface area contributed by atoms with Crippen molar-refractivity contribution in [2.75, 3.05) is 19.6 Å². The highest BCUT2D eigenvalue weighted by Crippen LogP contribution is 2.20. The molecule has 0 spiro atoms. The van der Waals surface area contributed by atoms with Crippen molar-refractivity contribution in [3.05, 3.63) is 34.3 Å². The van der Waals surface area contributed by atoms with Crippen molar-refractivity contribution in [2.24, 2.45) is 0 Å². The number of benzene rings is 1. The van der Waals surface area contributed by atoms with Gasteiger partial charge < -0.3 is 10.2 Å². The summed E-state index contributed by atoms with van der Waals surface area (Å²) < 4.78 is 0. The summed E-state index contributed by atoms with van der Waals surface area (Å²) >= 11 is 5.98. The quantitative estimate of drug-likeness (QED) is 0.924. The Labute approximate surface area is 126 Å². The molecule has 0 saturated carbocycles. The smallest absolute Gasteiger partial charge is 0.254 e. The molecule has 4 heteroatoms. The van der Waals surface area contributed by atoms with E-state index in [0.717, 1.165) is 50.0 Å². The van der Waals surface area contributed by atoms with Gasteiger partial charge in [0.05, 0.1) is 0 Å². The molecule has 20 heavy (non-hydrogen) atoms. The van der Waals surface area contributed by atoms with E-state index in [0.29, 0.717) is 11.1 Å². The van der Waals surface area contributed by atoms with Gasteiger partial charge in [0.25, 0.3) is 5.91 Å². The number of piperidine rings is 1. The van der Waals surface area contributed by atoms with Crippen LogP contribution in [0.15, 0.2) is 18.2 Å². The van der Waals surface area contributed by atoms with Gasteiger partial charge in [0, 0.05) is 23.2 Å². The fourth-order valence-corrected chi connectivity index (χ4v) is 3.06. The second-order valence-electron chi connectivity index (χ2n) is 5.44. The summed E-state index contributed by atoms with van der Waals surface area (Å²) in [6.45, 7) is 6.89. The number of hydrogen-bond acceptors (Lipinski definition) is 2. The van der Waals surface area contributed by atoms with Gasteiger partial charge in [-0.1, -0.05) is 18.5 Å².